The van der Waals surface area contributed by atoms with Gasteiger partial charge in [-0.3, -0.25) is 4.90 Å². The highest BCUT2D eigenvalue weighted by Crippen LogP contribution is 2.28. The predicted octanol–water partition coefficient (Wildman–Crippen LogP) is 3.42. The third-order valence-corrected chi connectivity index (χ3v) is 5.02. The Kier molecular flexibility index (Phi) is 8.22. The minimum atomic E-state index is -0.150. The molecule has 1 aliphatic rings. The van der Waals surface area contributed by atoms with E-state index in [1.165, 1.54) is 38.6 Å². The number of hydrogen-bond acceptors (Lipinski definition) is 3. The molecule has 0 amide bonds. The van der Waals surface area contributed by atoms with Gasteiger partial charge in [-0.05, 0) is 58.5 Å². The summed E-state index contributed by atoms with van der Waals surface area (Å²) < 4.78 is 0. The van der Waals surface area contributed by atoms with E-state index in [0.717, 1.165) is 24.9 Å². The maximum atomic E-state index is 9.75. The average molecular weight is 299 g/mol. The van der Waals surface area contributed by atoms with Crippen molar-refractivity contribution in [1.29, 1.82) is 0 Å². The van der Waals surface area contributed by atoms with Crippen LogP contribution in [0.15, 0.2) is 0 Å². The summed E-state index contributed by atoms with van der Waals surface area (Å²) in [5.74, 6) is 0.763. The first-order chi connectivity index (χ1) is 9.91. The van der Waals surface area contributed by atoms with Crippen LogP contribution in [0.25, 0.3) is 0 Å². The van der Waals surface area contributed by atoms with Crippen LogP contribution in [0.4, 0.5) is 0 Å². The molecule has 0 spiro atoms. The fourth-order valence-corrected chi connectivity index (χ4v) is 3.79. The van der Waals surface area contributed by atoms with Crippen LogP contribution in [0.2, 0.25) is 0 Å². The molecule has 126 valence electrons. The largest absolute Gasteiger partial charge is 0.394 e. The molecule has 2 N–H and O–H groups in total. The van der Waals surface area contributed by atoms with Gasteiger partial charge in [0.25, 0.3) is 0 Å². The average Bonchev–Trinajstić information content (AvgIpc) is 2.92. The van der Waals surface area contributed by atoms with Gasteiger partial charge in [0.2, 0.25) is 0 Å². The molecular formula is C18H38N2O. The van der Waals surface area contributed by atoms with Crippen LogP contribution in [0.5, 0.6) is 0 Å². The highest BCUT2D eigenvalue weighted by Gasteiger charge is 2.31. The molecule has 2 atom stereocenters. The molecule has 0 radical (unpaired) electrons. The smallest absolute Gasteiger partial charge is 0.0611 e. The Morgan fingerprint density at radius 1 is 1.24 bits per heavy atom. The number of aliphatic hydroxyl groups is 1. The van der Waals surface area contributed by atoms with Gasteiger partial charge in [0.05, 0.1) is 6.61 Å². The van der Waals surface area contributed by atoms with Gasteiger partial charge in [0.15, 0.2) is 0 Å². The summed E-state index contributed by atoms with van der Waals surface area (Å²) in [6, 6.07) is 1.30. The standard InChI is InChI=1S/C18H38N2O/c1-6-19-18(5,14-21)13-16(4)20(12-11-15(2)3)17-9-7-8-10-17/h15-17,19,21H,6-14H2,1-5H3. The molecule has 1 rings (SSSR count). The van der Waals surface area contributed by atoms with Gasteiger partial charge in [0.1, 0.15) is 0 Å². The number of likely N-dealkylation sites (N-methyl/N-ethyl adjacent to an activating group) is 1. The van der Waals surface area contributed by atoms with Gasteiger partial charge in [-0.15, -0.1) is 0 Å². The van der Waals surface area contributed by atoms with E-state index in [-0.39, 0.29) is 12.1 Å². The maximum absolute atomic E-state index is 9.75. The fraction of sp³-hybridized carbons (Fsp3) is 1.00. The van der Waals surface area contributed by atoms with Gasteiger partial charge < -0.3 is 10.4 Å². The van der Waals surface area contributed by atoms with Crippen molar-refractivity contribution in [2.75, 3.05) is 19.7 Å². The Morgan fingerprint density at radius 2 is 1.86 bits per heavy atom. The summed E-state index contributed by atoms with van der Waals surface area (Å²) in [7, 11) is 0. The van der Waals surface area contributed by atoms with Crippen LogP contribution in [-0.2, 0) is 0 Å². The lowest BCUT2D eigenvalue weighted by Crippen LogP contribution is -2.52. The molecule has 0 saturated heterocycles. The van der Waals surface area contributed by atoms with Crippen LogP contribution in [-0.4, -0.2) is 47.3 Å². The van der Waals surface area contributed by atoms with Crippen molar-refractivity contribution in [3.63, 3.8) is 0 Å². The Morgan fingerprint density at radius 3 is 2.33 bits per heavy atom. The lowest BCUT2D eigenvalue weighted by molar-refractivity contribution is 0.0853. The number of rotatable bonds is 10. The molecule has 2 unspecified atom stereocenters. The molecule has 0 aromatic carbocycles. The predicted molar refractivity (Wildman–Crippen MR) is 91.7 cm³/mol. The van der Waals surface area contributed by atoms with E-state index < -0.39 is 0 Å². The van der Waals surface area contributed by atoms with Crippen molar-refractivity contribution in [1.82, 2.24) is 10.2 Å². The molecule has 21 heavy (non-hydrogen) atoms. The van der Waals surface area contributed by atoms with Crippen molar-refractivity contribution >= 4 is 0 Å². The lowest BCUT2D eigenvalue weighted by Gasteiger charge is -2.40. The second-order valence-corrected chi connectivity index (χ2v) is 7.66. The van der Waals surface area contributed by atoms with E-state index in [1.54, 1.807) is 0 Å². The van der Waals surface area contributed by atoms with Gasteiger partial charge in [0, 0.05) is 17.6 Å². The van der Waals surface area contributed by atoms with Crippen molar-refractivity contribution in [3.05, 3.63) is 0 Å². The molecule has 3 nitrogen and oxygen atoms in total. The molecule has 0 aromatic rings. The zero-order valence-corrected chi connectivity index (χ0v) is 15.0. The molecule has 0 heterocycles. The third kappa shape index (κ3) is 6.25. The minimum Gasteiger partial charge on any atom is -0.394 e. The van der Waals surface area contributed by atoms with E-state index in [4.69, 9.17) is 0 Å². The summed E-state index contributed by atoms with van der Waals surface area (Å²) in [5.41, 5.74) is -0.150. The number of nitrogens with one attached hydrogen (secondary N) is 1. The molecular weight excluding hydrogens is 260 g/mol. The Balaban J connectivity index is 2.66. The van der Waals surface area contributed by atoms with Crippen LogP contribution in [0, 0.1) is 5.92 Å². The van der Waals surface area contributed by atoms with E-state index in [2.05, 4.69) is 44.8 Å². The SMILES string of the molecule is CCNC(C)(CO)CC(C)N(CCC(C)C)C1CCCC1. The zero-order chi connectivity index (χ0) is 15.9. The van der Waals surface area contributed by atoms with Gasteiger partial charge in [-0.2, -0.15) is 0 Å². The Hall–Kier alpha value is -0.120. The number of hydrogen-bond donors (Lipinski definition) is 2. The van der Waals surface area contributed by atoms with Gasteiger partial charge in [-0.1, -0.05) is 33.6 Å². The monoisotopic (exact) mass is 298 g/mol. The topological polar surface area (TPSA) is 35.5 Å². The Labute approximate surface area is 132 Å². The minimum absolute atomic E-state index is 0.150. The van der Waals surface area contributed by atoms with Gasteiger partial charge >= 0.3 is 0 Å². The maximum Gasteiger partial charge on any atom is 0.0611 e. The van der Waals surface area contributed by atoms with Crippen LogP contribution < -0.4 is 5.32 Å². The number of aliphatic hydroxyl groups excluding tert-OH is 1. The van der Waals surface area contributed by atoms with E-state index >= 15 is 0 Å². The van der Waals surface area contributed by atoms with Crippen molar-refractivity contribution in [3.8, 4) is 0 Å². The van der Waals surface area contributed by atoms with E-state index in [1.807, 2.05) is 0 Å². The second kappa shape index (κ2) is 9.12. The fourth-order valence-electron chi connectivity index (χ4n) is 3.79. The van der Waals surface area contributed by atoms with Crippen LogP contribution >= 0.6 is 0 Å². The summed E-state index contributed by atoms with van der Waals surface area (Å²) in [5, 5.41) is 13.2. The molecule has 1 saturated carbocycles. The quantitative estimate of drug-likeness (QED) is 0.649. The highest BCUT2D eigenvalue weighted by atomic mass is 16.3. The normalized spacial score (nSPS) is 21.1. The Bertz CT molecular complexity index is 276. The van der Waals surface area contributed by atoms with Gasteiger partial charge in [-0.25, -0.2) is 0 Å². The highest BCUT2D eigenvalue weighted by molar-refractivity contribution is 4.89. The lowest BCUT2D eigenvalue weighted by atomic mass is 9.92. The third-order valence-electron chi connectivity index (χ3n) is 5.02. The molecule has 0 aromatic heterocycles. The first-order valence-corrected chi connectivity index (χ1v) is 9.03. The van der Waals surface area contributed by atoms with Crippen molar-refractivity contribution in [2.24, 2.45) is 5.92 Å². The molecule has 0 bridgehead atoms. The molecule has 1 fully saturated rings. The molecule has 1 aliphatic carbocycles. The van der Waals surface area contributed by atoms with Crippen LogP contribution in [0.3, 0.4) is 0 Å². The summed E-state index contributed by atoms with van der Waals surface area (Å²) in [6.45, 7) is 13.6. The first-order valence-electron chi connectivity index (χ1n) is 9.03. The summed E-state index contributed by atoms with van der Waals surface area (Å²) in [4.78, 5) is 2.73. The molecule has 3 heteroatoms. The number of nitrogens with zero attached hydrogens (tertiary/aromatic N) is 1. The van der Waals surface area contributed by atoms with Crippen molar-refractivity contribution < 1.29 is 5.11 Å². The first kappa shape index (κ1) is 18.9. The zero-order valence-electron chi connectivity index (χ0n) is 15.0. The summed E-state index contributed by atoms with van der Waals surface area (Å²) >= 11 is 0. The van der Waals surface area contributed by atoms with E-state index in [0.29, 0.717) is 6.04 Å². The second-order valence-electron chi connectivity index (χ2n) is 7.66. The summed E-state index contributed by atoms with van der Waals surface area (Å²) in [6.07, 6.45) is 7.79. The van der Waals surface area contributed by atoms with Crippen molar-refractivity contribution in [2.45, 2.75) is 90.8 Å². The van der Waals surface area contributed by atoms with E-state index in [9.17, 15) is 5.11 Å². The van der Waals surface area contributed by atoms with Crippen LogP contribution in [0.1, 0.15) is 73.1 Å². The molecule has 0 aliphatic heterocycles.